The topological polar surface area (TPSA) is 38.3 Å². The van der Waals surface area contributed by atoms with Crippen molar-refractivity contribution in [1.29, 1.82) is 0 Å². The standard InChI is InChI=1S/C8H12FNO2/c1-4-10-8(11)7(9)6(2)5-12-3/h4H,1,5H2,2-3H3,(H,10,11)/b7-6-. The van der Waals surface area contributed by atoms with E-state index in [1.54, 1.807) is 0 Å². The molecule has 0 rings (SSSR count). The highest BCUT2D eigenvalue weighted by molar-refractivity contribution is 5.92. The summed E-state index contributed by atoms with van der Waals surface area (Å²) in [6.45, 7) is 4.83. The number of carbonyl (C=O) groups excluding carboxylic acids is 1. The van der Waals surface area contributed by atoms with Gasteiger partial charge in [-0.3, -0.25) is 4.79 Å². The predicted octanol–water partition coefficient (Wildman–Crippen LogP) is 1.14. The van der Waals surface area contributed by atoms with E-state index in [-0.39, 0.29) is 12.2 Å². The van der Waals surface area contributed by atoms with Crippen LogP contribution in [0, 0.1) is 0 Å². The lowest BCUT2D eigenvalue weighted by atomic mass is 10.3. The number of halogens is 1. The van der Waals surface area contributed by atoms with Gasteiger partial charge in [0.15, 0.2) is 5.83 Å². The number of ether oxygens (including phenoxy) is 1. The molecule has 0 fully saturated rings. The largest absolute Gasteiger partial charge is 0.380 e. The van der Waals surface area contributed by atoms with Crippen molar-refractivity contribution < 1.29 is 13.9 Å². The van der Waals surface area contributed by atoms with Crippen LogP contribution in [0.1, 0.15) is 6.92 Å². The fourth-order valence-corrected chi connectivity index (χ4v) is 0.630. The molecule has 68 valence electrons. The van der Waals surface area contributed by atoms with Gasteiger partial charge in [-0.25, -0.2) is 4.39 Å². The van der Waals surface area contributed by atoms with Gasteiger partial charge in [-0.05, 0) is 18.7 Å². The Balaban J connectivity index is 4.31. The van der Waals surface area contributed by atoms with Gasteiger partial charge in [0.2, 0.25) is 0 Å². The molecule has 0 spiro atoms. The van der Waals surface area contributed by atoms with Crippen LogP contribution in [0.25, 0.3) is 0 Å². The van der Waals surface area contributed by atoms with E-state index in [2.05, 4.69) is 16.6 Å². The zero-order valence-electron chi connectivity index (χ0n) is 7.19. The van der Waals surface area contributed by atoms with Crippen molar-refractivity contribution in [3.63, 3.8) is 0 Å². The Kier molecular flexibility index (Phi) is 4.96. The summed E-state index contributed by atoms with van der Waals surface area (Å²) in [4.78, 5) is 10.8. The third kappa shape index (κ3) is 3.30. The van der Waals surface area contributed by atoms with E-state index < -0.39 is 11.7 Å². The molecule has 0 bridgehead atoms. The normalized spacial score (nSPS) is 11.9. The monoisotopic (exact) mass is 173 g/mol. The lowest BCUT2D eigenvalue weighted by molar-refractivity contribution is -0.118. The van der Waals surface area contributed by atoms with Crippen molar-refractivity contribution in [3.05, 3.63) is 24.2 Å². The molecule has 0 saturated heterocycles. The van der Waals surface area contributed by atoms with Crippen molar-refractivity contribution in [2.75, 3.05) is 13.7 Å². The van der Waals surface area contributed by atoms with Crippen LogP contribution < -0.4 is 5.32 Å². The number of nitrogens with one attached hydrogen (secondary N) is 1. The highest BCUT2D eigenvalue weighted by atomic mass is 19.1. The fourth-order valence-electron chi connectivity index (χ4n) is 0.630. The van der Waals surface area contributed by atoms with Crippen molar-refractivity contribution in [1.82, 2.24) is 5.32 Å². The molecule has 4 heteroatoms. The van der Waals surface area contributed by atoms with E-state index in [0.717, 1.165) is 6.20 Å². The summed E-state index contributed by atoms with van der Waals surface area (Å²) in [7, 11) is 1.43. The zero-order chi connectivity index (χ0) is 9.56. The summed E-state index contributed by atoms with van der Waals surface area (Å²) in [5.74, 6) is -1.61. The first-order valence-corrected chi connectivity index (χ1v) is 3.39. The van der Waals surface area contributed by atoms with Crippen molar-refractivity contribution >= 4 is 5.91 Å². The van der Waals surface area contributed by atoms with E-state index in [4.69, 9.17) is 0 Å². The van der Waals surface area contributed by atoms with Crippen molar-refractivity contribution in [3.8, 4) is 0 Å². The smallest absolute Gasteiger partial charge is 0.283 e. The molecule has 0 aromatic heterocycles. The number of methoxy groups -OCH3 is 1. The average Bonchev–Trinajstić information content (AvgIpc) is 2.04. The van der Waals surface area contributed by atoms with Crippen LogP contribution in [0.4, 0.5) is 4.39 Å². The summed E-state index contributed by atoms with van der Waals surface area (Å²) in [6.07, 6.45) is 1.13. The number of carbonyl (C=O) groups is 1. The van der Waals surface area contributed by atoms with Gasteiger partial charge in [-0.2, -0.15) is 0 Å². The van der Waals surface area contributed by atoms with Crippen LogP contribution >= 0.6 is 0 Å². The SMILES string of the molecule is C=CNC(=O)/C(F)=C(\C)COC. The molecule has 12 heavy (non-hydrogen) atoms. The van der Waals surface area contributed by atoms with E-state index in [9.17, 15) is 9.18 Å². The Morgan fingerprint density at radius 2 is 2.33 bits per heavy atom. The molecule has 1 N–H and O–H groups in total. The van der Waals surface area contributed by atoms with E-state index in [1.165, 1.54) is 14.0 Å². The van der Waals surface area contributed by atoms with Crippen LogP contribution in [0.5, 0.6) is 0 Å². The minimum absolute atomic E-state index is 0.108. The maximum Gasteiger partial charge on any atom is 0.283 e. The number of rotatable bonds is 4. The Labute approximate surface area is 70.9 Å². The van der Waals surface area contributed by atoms with Crippen LogP contribution in [0.2, 0.25) is 0 Å². The average molecular weight is 173 g/mol. The van der Waals surface area contributed by atoms with Gasteiger partial charge in [0.25, 0.3) is 5.91 Å². The van der Waals surface area contributed by atoms with Gasteiger partial charge in [0.1, 0.15) is 0 Å². The molecule has 0 aliphatic rings. The third-order valence-electron chi connectivity index (χ3n) is 1.17. The molecular formula is C8H12FNO2. The van der Waals surface area contributed by atoms with Gasteiger partial charge in [0, 0.05) is 7.11 Å². The minimum atomic E-state index is -0.822. The molecule has 0 aliphatic heterocycles. The molecule has 3 nitrogen and oxygen atoms in total. The first-order valence-electron chi connectivity index (χ1n) is 3.39. The lowest BCUT2D eigenvalue weighted by Crippen LogP contribution is -2.18. The zero-order valence-corrected chi connectivity index (χ0v) is 7.19. The molecule has 0 unspecified atom stereocenters. The van der Waals surface area contributed by atoms with Crippen molar-refractivity contribution in [2.45, 2.75) is 6.92 Å². The number of amides is 1. The maximum atomic E-state index is 12.9. The lowest BCUT2D eigenvalue weighted by Gasteiger charge is -2.01. The fraction of sp³-hybridized carbons (Fsp3) is 0.375. The molecule has 0 aliphatic carbocycles. The highest BCUT2D eigenvalue weighted by Gasteiger charge is 2.09. The molecule has 1 amide bonds. The predicted molar refractivity (Wildman–Crippen MR) is 44.0 cm³/mol. The first kappa shape index (κ1) is 10.8. The molecule has 0 atom stereocenters. The number of hydrogen-bond acceptors (Lipinski definition) is 2. The quantitative estimate of drug-likeness (QED) is 0.647. The Hall–Kier alpha value is -1.16. The Morgan fingerprint density at radius 3 is 2.75 bits per heavy atom. The number of hydrogen-bond donors (Lipinski definition) is 1. The molecule has 0 saturated carbocycles. The van der Waals surface area contributed by atoms with Gasteiger partial charge in [0.05, 0.1) is 6.61 Å². The highest BCUT2D eigenvalue weighted by Crippen LogP contribution is 2.05. The van der Waals surface area contributed by atoms with Crippen LogP contribution in [0.3, 0.4) is 0 Å². The van der Waals surface area contributed by atoms with Gasteiger partial charge in [-0.1, -0.05) is 6.58 Å². The molecule has 0 heterocycles. The Bertz CT molecular complexity index is 211. The van der Waals surface area contributed by atoms with E-state index >= 15 is 0 Å². The second kappa shape index (κ2) is 5.49. The van der Waals surface area contributed by atoms with E-state index in [0.29, 0.717) is 0 Å². The minimum Gasteiger partial charge on any atom is -0.380 e. The van der Waals surface area contributed by atoms with Crippen LogP contribution in [-0.4, -0.2) is 19.6 Å². The second-order valence-electron chi connectivity index (χ2n) is 2.20. The first-order chi connectivity index (χ1) is 5.63. The summed E-state index contributed by atoms with van der Waals surface area (Å²) in [5.41, 5.74) is 0.261. The van der Waals surface area contributed by atoms with Gasteiger partial charge in [-0.15, -0.1) is 0 Å². The molecule has 0 aromatic rings. The van der Waals surface area contributed by atoms with Crippen molar-refractivity contribution in [2.24, 2.45) is 0 Å². The second-order valence-corrected chi connectivity index (χ2v) is 2.20. The molecule has 0 radical (unpaired) electrons. The summed E-state index contributed by atoms with van der Waals surface area (Å²) in [5, 5.41) is 2.12. The summed E-state index contributed by atoms with van der Waals surface area (Å²) >= 11 is 0. The van der Waals surface area contributed by atoms with Crippen LogP contribution in [-0.2, 0) is 9.53 Å². The molecular weight excluding hydrogens is 161 g/mol. The molecule has 0 aromatic carbocycles. The Morgan fingerprint density at radius 1 is 1.75 bits per heavy atom. The van der Waals surface area contributed by atoms with E-state index in [1.807, 2.05) is 0 Å². The summed E-state index contributed by atoms with van der Waals surface area (Å²) in [6, 6.07) is 0. The third-order valence-corrected chi connectivity index (χ3v) is 1.17. The summed E-state index contributed by atoms with van der Waals surface area (Å²) < 4.78 is 17.6. The van der Waals surface area contributed by atoms with Gasteiger partial charge >= 0.3 is 0 Å². The van der Waals surface area contributed by atoms with Gasteiger partial charge < -0.3 is 10.1 Å². The maximum absolute atomic E-state index is 12.9. The van der Waals surface area contributed by atoms with Crippen LogP contribution in [0.15, 0.2) is 24.2 Å².